The fourth-order valence-electron chi connectivity index (χ4n) is 3.66. The minimum Gasteiger partial charge on any atom is -0.503 e. The van der Waals surface area contributed by atoms with Gasteiger partial charge in [-0.15, -0.1) is 0 Å². The molecule has 0 saturated carbocycles. The Morgan fingerprint density at radius 2 is 1.31 bits per heavy atom. The maximum Gasteiger partial charge on any atom is 0.310 e. The molecule has 0 aliphatic heterocycles. The largest absolute Gasteiger partial charge is 0.503 e. The molecular formula is C28H28N2O9. The van der Waals surface area contributed by atoms with E-state index in [2.05, 4.69) is 5.32 Å². The van der Waals surface area contributed by atoms with Gasteiger partial charge in [-0.05, 0) is 59.2 Å². The molecule has 0 aromatic heterocycles. The number of carbonyl (C=O) groups excluding carboxylic acids is 1. The normalized spacial score (nSPS) is 10.9. The van der Waals surface area contributed by atoms with Crippen LogP contribution in [-0.2, 0) is 4.79 Å². The van der Waals surface area contributed by atoms with Gasteiger partial charge >= 0.3 is 5.69 Å². The van der Waals surface area contributed by atoms with Crippen LogP contribution in [-0.4, -0.2) is 51.5 Å². The summed E-state index contributed by atoms with van der Waals surface area (Å²) in [4.78, 5) is 23.1. The molecule has 11 heteroatoms. The van der Waals surface area contributed by atoms with E-state index >= 15 is 0 Å². The van der Waals surface area contributed by atoms with E-state index < -0.39 is 10.8 Å². The summed E-state index contributed by atoms with van der Waals surface area (Å²) >= 11 is 0. The highest BCUT2D eigenvalue weighted by molar-refractivity contribution is 6.03. The van der Waals surface area contributed by atoms with E-state index in [0.29, 0.717) is 28.4 Å². The number of amides is 1. The van der Waals surface area contributed by atoms with Gasteiger partial charge in [0, 0.05) is 12.1 Å². The zero-order chi connectivity index (χ0) is 28.5. The molecule has 3 rings (SSSR count). The third-order valence-electron chi connectivity index (χ3n) is 5.56. The van der Waals surface area contributed by atoms with Crippen molar-refractivity contribution in [2.24, 2.45) is 0 Å². The van der Waals surface area contributed by atoms with Gasteiger partial charge in [0.1, 0.15) is 0 Å². The van der Waals surface area contributed by atoms with Crippen molar-refractivity contribution in [2.75, 3.05) is 40.9 Å². The van der Waals surface area contributed by atoms with E-state index in [-0.39, 0.29) is 28.6 Å². The number of nitrogens with zero attached hydrogens (tertiary/aromatic N) is 1. The molecule has 0 bridgehead atoms. The number of nitro groups is 1. The molecule has 0 aliphatic rings. The Morgan fingerprint density at radius 3 is 1.85 bits per heavy atom. The number of carbonyl (C=O) groups is 1. The van der Waals surface area contributed by atoms with Crippen LogP contribution in [0.1, 0.15) is 16.7 Å². The van der Waals surface area contributed by atoms with Gasteiger partial charge in [-0.1, -0.05) is 12.2 Å². The molecule has 0 fully saturated rings. The summed E-state index contributed by atoms with van der Waals surface area (Å²) in [6, 6.07) is 10.9. The zero-order valence-electron chi connectivity index (χ0n) is 22.0. The fourth-order valence-corrected chi connectivity index (χ4v) is 3.66. The van der Waals surface area contributed by atoms with Crippen LogP contribution < -0.4 is 29.0 Å². The Morgan fingerprint density at radius 1 is 0.769 bits per heavy atom. The van der Waals surface area contributed by atoms with E-state index in [9.17, 15) is 20.0 Å². The van der Waals surface area contributed by atoms with Gasteiger partial charge in [0.2, 0.25) is 11.7 Å². The lowest BCUT2D eigenvalue weighted by Gasteiger charge is -2.13. The molecule has 39 heavy (non-hydrogen) atoms. The van der Waals surface area contributed by atoms with E-state index in [0.717, 1.165) is 5.56 Å². The van der Waals surface area contributed by atoms with Crippen LogP contribution in [0, 0.1) is 10.1 Å². The second kappa shape index (κ2) is 12.9. The maximum atomic E-state index is 12.6. The van der Waals surface area contributed by atoms with Crippen LogP contribution in [0.25, 0.3) is 18.2 Å². The molecule has 0 heterocycles. The highest BCUT2D eigenvalue weighted by atomic mass is 16.6. The third kappa shape index (κ3) is 6.77. The first-order valence-electron chi connectivity index (χ1n) is 11.4. The number of benzene rings is 3. The lowest BCUT2D eigenvalue weighted by Crippen LogP contribution is -2.08. The lowest BCUT2D eigenvalue weighted by molar-refractivity contribution is -0.385. The Balaban J connectivity index is 1.85. The molecule has 1 amide bonds. The van der Waals surface area contributed by atoms with Gasteiger partial charge in [0.15, 0.2) is 28.7 Å². The van der Waals surface area contributed by atoms with Gasteiger partial charge in [-0.3, -0.25) is 14.9 Å². The van der Waals surface area contributed by atoms with Gasteiger partial charge in [0.05, 0.1) is 46.2 Å². The van der Waals surface area contributed by atoms with Crippen molar-refractivity contribution in [1.82, 2.24) is 0 Å². The number of aromatic hydroxyl groups is 1. The molecule has 0 spiro atoms. The monoisotopic (exact) mass is 536 g/mol. The number of hydrogen-bond acceptors (Lipinski definition) is 9. The van der Waals surface area contributed by atoms with E-state index in [1.807, 2.05) is 0 Å². The van der Waals surface area contributed by atoms with Crippen molar-refractivity contribution in [3.05, 3.63) is 75.3 Å². The molecule has 3 aromatic carbocycles. The van der Waals surface area contributed by atoms with Crippen LogP contribution in [0.2, 0.25) is 0 Å². The number of anilines is 1. The predicted molar refractivity (Wildman–Crippen MR) is 147 cm³/mol. The predicted octanol–water partition coefficient (Wildman–Crippen LogP) is 5.17. The summed E-state index contributed by atoms with van der Waals surface area (Å²) in [5, 5.41) is 24.3. The van der Waals surface area contributed by atoms with Gasteiger partial charge in [-0.25, -0.2) is 0 Å². The van der Waals surface area contributed by atoms with E-state index in [1.54, 1.807) is 36.4 Å². The first-order valence-corrected chi connectivity index (χ1v) is 11.4. The summed E-state index contributed by atoms with van der Waals surface area (Å²) < 4.78 is 26.4. The number of ether oxygens (including phenoxy) is 5. The number of phenols is 1. The summed E-state index contributed by atoms with van der Waals surface area (Å²) in [6.45, 7) is 0. The Hall–Kier alpha value is -5.19. The van der Waals surface area contributed by atoms with Crippen LogP contribution in [0.15, 0.2) is 48.5 Å². The molecule has 3 aromatic rings. The molecule has 0 saturated heterocycles. The van der Waals surface area contributed by atoms with Gasteiger partial charge in [-0.2, -0.15) is 0 Å². The minimum absolute atomic E-state index is 0.0662. The molecule has 0 atom stereocenters. The second-order valence-electron chi connectivity index (χ2n) is 7.92. The first kappa shape index (κ1) is 28.4. The standard InChI is InChI=1S/C28H28N2O9/c1-35-22-13-17(8-10-21(22)30(33)34)9-11-26(31)29-20-12-18(14-23(36-2)27(20)32)6-7-19-15-24(37-3)28(39-5)25(16-19)38-4/h6-16,32H,1-5H3,(H,29,31)/b7-6?,11-9+. The van der Waals surface area contributed by atoms with Gasteiger partial charge < -0.3 is 34.1 Å². The molecule has 2 N–H and O–H groups in total. The van der Waals surface area contributed by atoms with E-state index in [4.69, 9.17) is 23.7 Å². The van der Waals surface area contributed by atoms with Crippen molar-refractivity contribution in [1.29, 1.82) is 0 Å². The Kier molecular flexibility index (Phi) is 9.36. The second-order valence-corrected chi connectivity index (χ2v) is 7.92. The third-order valence-corrected chi connectivity index (χ3v) is 5.56. The molecule has 11 nitrogen and oxygen atoms in total. The van der Waals surface area contributed by atoms with Crippen LogP contribution in [0.4, 0.5) is 11.4 Å². The Labute approximate surface area is 225 Å². The number of phenolic OH excluding ortho intramolecular Hbond substituents is 1. The smallest absolute Gasteiger partial charge is 0.310 e. The maximum absolute atomic E-state index is 12.6. The van der Waals surface area contributed by atoms with Crippen LogP contribution >= 0.6 is 0 Å². The van der Waals surface area contributed by atoms with Crippen molar-refractivity contribution in [3.8, 4) is 34.5 Å². The lowest BCUT2D eigenvalue weighted by atomic mass is 10.1. The number of methoxy groups -OCH3 is 5. The van der Waals surface area contributed by atoms with E-state index in [1.165, 1.54) is 65.9 Å². The van der Waals surface area contributed by atoms with Crippen molar-refractivity contribution in [2.45, 2.75) is 0 Å². The fraction of sp³-hybridized carbons (Fsp3) is 0.179. The van der Waals surface area contributed by atoms with Crippen molar-refractivity contribution in [3.63, 3.8) is 0 Å². The minimum atomic E-state index is -0.557. The summed E-state index contributed by atoms with van der Waals surface area (Å²) in [6.07, 6.45) is 6.25. The Bertz CT molecular complexity index is 1410. The average Bonchev–Trinajstić information content (AvgIpc) is 2.95. The molecule has 0 aliphatic carbocycles. The zero-order valence-corrected chi connectivity index (χ0v) is 22.0. The number of nitro benzene ring substituents is 1. The van der Waals surface area contributed by atoms with Crippen molar-refractivity contribution < 1.29 is 38.5 Å². The highest BCUT2D eigenvalue weighted by Gasteiger charge is 2.15. The van der Waals surface area contributed by atoms with Crippen molar-refractivity contribution >= 4 is 35.5 Å². The summed E-state index contributed by atoms with van der Waals surface area (Å²) in [5.74, 6) is 0.874. The number of rotatable bonds is 11. The average molecular weight is 537 g/mol. The highest BCUT2D eigenvalue weighted by Crippen LogP contribution is 2.39. The van der Waals surface area contributed by atoms with Crippen LogP contribution in [0.3, 0.4) is 0 Å². The summed E-state index contributed by atoms with van der Waals surface area (Å²) in [7, 11) is 7.29. The quantitative estimate of drug-likeness (QED) is 0.112. The first-order chi connectivity index (χ1) is 18.7. The summed E-state index contributed by atoms with van der Waals surface area (Å²) in [5.41, 5.74) is 1.82. The van der Waals surface area contributed by atoms with Gasteiger partial charge in [0.25, 0.3) is 0 Å². The number of nitrogens with one attached hydrogen (secondary N) is 1. The molecular weight excluding hydrogens is 508 g/mol. The topological polar surface area (TPSA) is 139 Å². The molecule has 0 radical (unpaired) electrons. The molecule has 204 valence electrons. The molecule has 0 unspecified atom stereocenters. The SMILES string of the molecule is COc1cc(/C=C/C(=O)Nc2cc(C=Cc3cc(OC)c(OC)c(OC)c3)cc(OC)c2O)ccc1[N+](=O)[O-]. The van der Waals surface area contributed by atoms with Crippen LogP contribution in [0.5, 0.6) is 34.5 Å². The number of hydrogen-bond donors (Lipinski definition) is 2.